The summed E-state index contributed by atoms with van der Waals surface area (Å²) in [5.41, 5.74) is 16.2. The molecule has 0 amide bonds. The van der Waals surface area contributed by atoms with Crippen molar-refractivity contribution in [3.8, 4) is 33.4 Å². The molecule has 59 heavy (non-hydrogen) atoms. The second-order valence-electron chi connectivity index (χ2n) is 17.9. The Kier molecular flexibility index (Phi) is 7.83. The van der Waals surface area contributed by atoms with Gasteiger partial charge < -0.3 is 9.32 Å². The maximum Gasteiger partial charge on any atom is 0.136 e. The van der Waals surface area contributed by atoms with Crippen LogP contribution >= 0.6 is 0 Å². The Bertz CT molecular complexity index is 3070. The predicted molar refractivity (Wildman–Crippen MR) is 247 cm³/mol. The van der Waals surface area contributed by atoms with Gasteiger partial charge in [-0.15, -0.1) is 0 Å². The molecule has 0 N–H and O–H groups in total. The van der Waals surface area contributed by atoms with Crippen molar-refractivity contribution in [1.29, 1.82) is 0 Å². The standard InChI is InChI=1S/C57H47NO/c1-36-31-38-33-37(2)57(41(32-36)34-38)51-21-9-7-18-47(51)50-35-43(29-30-52(50)57)58(53-22-11-14-39-13-3-4-16-45(39)53)42-27-25-40(26-28-42)44-15-5-6-17-46(44)48-20-12-24-55-56(48)49-19-8-10-23-54(49)59-55/h3-30,35-38,41H,31-34H2,1-2H3/t36-,37+,38-,41-,57?/m0/s1. The highest BCUT2D eigenvalue weighted by Gasteiger charge is 2.56. The molecule has 8 aromatic carbocycles. The van der Waals surface area contributed by atoms with E-state index in [1.165, 1.54) is 81.2 Å². The molecule has 1 heterocycles. The minimum atomic E-state index is 0.0715. The number of fused-ring (bicyclic) bond motifs is 12. The molecule has 0 radical (unpaired) electrons. The van der Waals surface area contributed by atoms with Gasteiger partial charge in [0.15, 0.2) is 0 Å². The Balaban J connectivity index is 1.01. The summed E-state index contributed by atoms with van der Waals surface area (Å²) in [7, 11) is 0. The Labute approximate surface area is 346 Å². The molecule has 2 nitrogen and oxygen atoms in total. The van der Waals surface area contributed by atoms with Crippen molar-refractivity contribution in [1.82, 2.24) is 0 Å². The third-order valence-corrected chi connectivity index (χ3v) is 14.6. The van der Waals surface area contributed by atoms with Gasteiger partial charge in [-0.05, 0) is 142 Å². The van der Waals surface area contributed by atoms with Gasteiger partial charge in [0.2, 0.25) is 0 Å². The Morgan fingerprint density at radius 1 is 0.492 bits per heavy atom. The van der Waals surface area contributed by atoms with Crippen molar-refractivity contribution in [2.24, 2.45) is 23.7 Å². The number of para-hydroxylation sites is 1. The normalized spacial score (nSPS) is 21.9. The van der Waals surface area contributed by atoms with E-state index in [9.17, 15) is 0 Å². The van der Waals surface area contributed by atoms with Crippen LogP contribution in [-0.4, -0.2) is 0 Å². The molecule has 2 saturated carbocycles. The molecule has 0 aliphatic heterocycles. The first-order valence-electron chi connectivity index (χ1n) is 21.7. The van der Waals surface area contributed by atoms with Crippen LogP contribution in [0.1, 0.15) is 50.7 Å². The molecule has 9 aromatic rings. The quantitative estimate of drug-likeness (QED) is 0.174. The second-order valence-corrected chi connectivity index (χ2v) is 17.9. The molecule has 286 valence electrons. The zero-order valence-electron chi connectivity index (χ0n) is 33.7. The van der Waals surface area contributed by atoms with Crippen molar-refractivity contribution in [3.05, 3.63) is 187 Å². The first-order chi connectivity index (χ1) is 29.1. The smallest absolute Gasteiger partial charge is 0.136 e. The third kappa shape index (κ3) is 5.18. The summed E-state index contributed by atoms with van der Waals surface area (Å²) in [6.07, 6.45) is 5.39. The lowest BCUT2D eigenvalue weighted by molar-refractivity contribution is 0.0426. The minimum Gasteiger partial charge on any atom is -0.456 e. The van der Waals surface area contributed by atoms with E-state index >= 15 is 0 Å². The van der Waals surface area contributed by atoms with E-state index in [4.69, 9.17) is 4.42 Å². The lowest BCUT2D eigenvalue weighted by Crippen LogP contribution is -2.49. The summed E-state index contributed by atoms with van der Waals surface area (Å²) < 4.78 is 6.32. The van der Waals surface area contributed by atoms with Crippen LogP contribution in [0.3, 0.4) is 0 Å². The minimum absolute atomic E-state index is 0.0715. The highest BCUT2D eigenvalue weighted by atomic mass is 16.3. The van der Waals surface area contributed by atoms with Gasteiger partial charge in [-0.3, -0.25) is 0 Å². The maximum absolute atomic E-state index is 6.32. The summed E-state index contributed by atoms with van der Waals surface area (Å²) in [4.78, 5) is 2.49. The SMILES string of the molecule is C[C@H]1C[C@@H]2C[C@H](C1)C1(c3ccccc3-c3cc(N(c4ccc(-c5ccccc5-c5cccc6oc7ccccc7c56)cc4)c4cccc5ccccc45)ccc31)[C@H](C)C2. The summed E-state index contributed by atoms with van der Waals surface area (Å²) in [5.74, 6) is 2.93. The summed E-state index contributed by atoms with van der Waals surface area (Å²) in [6, 6.07) is 65.3. The van der Waals surface area contributed by atoms with Gasteiger partial charge in [0.1, 0.15) is 11.2 Å². The van der Waals surface area contributed by atoms with Crippen LogP contribution in [0.2, 0.25) is 0 Å². The van der Waals surface area contributed by atoms with E-state index < -0.39 is 0 Å². The van der Waals surface area contributed by atoms with Crippen LogP contribution in [0.5, 0.6) is 0 Å². The molecule has 1 unspecified atom stereocenters. The fourth-order valence-electron chi connectivity index (χ4n) is 12.4. The number of rotatable bonds is 5. The molecule has 5 atom stereocenters. The van der Waals surface area contributed by atoms with Gasteiger partial charge in [-0.25, -0.2) is 0 Å². The zero-order chi connectivity index (χ0) is 39.2. The molecule has 3 aliphatic carbocycles. The van der Waals surface area contributed by atoms with Gasteiger partial charge in [0.25, 0.3) is 0 Å². The van der Waals surface area contributed by atoms with Crippen molar-refractivity contribution < 1.29 is 4.42 Å². The fraction of sp³-hybridized carbons (Fsp3) is 0.193. The van der Waals surface area contributed by atoms with Crippen molar-refractivity contribution in [2.75, 3.05) is 4.90 Å². The summed E-state index contributed by atoms with van der Waals surface area (Å²) in [5, 5.41) is 4.79. The van der Waals surface area contributed by atoms with Gasteiger partial charge in [-0.2, -0.15) is 0 Å². The van der Waals surface area contributed by atoms with Crippen molar-refractivity contribution >= 4 is 49.8 Å². The molecular formula is C57H47NO. The molecule has 2 heteroatoms. The maximum atomic E-state index is 6.32. The average Bonchev–Trinajstić information content (AvgIpc) is 3.80. The summed E-state index contributed by atoms with van der Waals surface area (Å²) >= 11 is 0. The third-order valence-electron chi connectivity index (χ3n) is 14.6. The van der Waals surface area contributed by atoms with E-state index in [0.29, 0.717) is 11.8 Å². The number of nitrogens with zero attached hydrogens (tertiary/aromatic N) is 1. The van der Waals surface area contributed by atoms with Crippen LogP contribution in [0.4, 0.5) is 17.1 Å². The van der Waals surface area contributed by atoms with Crippen LogP contribution in [0, 0.1) is 23.7 Å². The van der Waals surface area contributed by atoms with Gasteiger partial charge in [0.05, 0.1) is 5.69 Å². The Morgan fingerprint density at radius 2 is 1.15 bits per heavy atom. The van der Waals surface area contributed by atoms with E-state index in [1.54, 1.807) is 11.1 Å². The van der Waals surface area contributed by atoms with Gasteiger partial charge in [0, 0.05) is 32.9 Å². The molecule has 1 spiro atoms. The Morgan fingerprint density at radius 3 is 2.03 bits per heavy atom. The lowest BCUT2D eigenvalue weighted by Gasteiger charge is -2.54. The number of furan rings is 1. The highest BCUT2D eigenvalue weighted by Crippen LogP contribution is 2.65. The first kappa shape index (κ1) is 34.6. The summed E-state index contributed by atoms with van der Waals surface area (Å²) in [6.45, 7) is 5.07. The second kappa shape index (κ2) is 13.3. The molecule has 2 fully saturated rings. The first-order valence-corrected chi connectivity index (χ1v) is 21.7. The van der Waals surface area contributed by atoms with Crippen molar-refractivity contribution in [2.45, 2.75) is 44.9 Å². The monoisotopic (exact) mass is 761 g/mol. The molecule has 3 aliphatic rings. The molecule has 0 saturated heterocycles. The van der Waals surface area contributed by atoms with E-state index in [-0.39, 0.29) is 5.41 Å². The number of hydrogen-bond donors (Lipinski definition) is 0. The van der Waals surface area contributed by atoms with Gasteiger partial charge >= 0.3 is 0 Å². The topological polar surface area (TPSA) is 16.4 Å². The molecular weight excluding hydrogens is 715 g/mol. The predicted octanol–water partition coefficient (Wildman–Crippen LogP) is 15.9. The van der Waals surface area contributed by atoms with E-state index in [1.807, 2.05) is 6.07 Å². The Hall–Kier alpha value is -6.38. The van der Waals surface area contributed by atoms with Gasteiger partial charge in [-0.1, -0.05) is 147 Å². The molecule has 2 bridgehead atoms. The lowest BCUT2D eigenvalue weighted by atomic mass is 9.49. The largest absolute Gasteiger partial charge is 0.456 e. The van der Waals surface area contributed by atoms with Crippen molar-refractivity contribution in [3.63, 3.8) is 0 Å². The average molecular weight is 762 g/mol. The van der Waals surface area contributed by atoms with E-state index in [2.05, 4.69) is 189 Å². The zero-order valence-corrected chi connectivity index (χ0v) is 33.7. The van der Waals surface area contributed by atoms with E-state index in [0.717, 1.165) is 39.5 Å². The van der Waals surface area contributed by atoms with Crippen LogP contribution < -0.4 is 4.90 Å². The number of anilines is 3. The molecule has 1 aromatic heterocycles. The highest BCUT2D eigenvalue weighted by molar-refractivity contribution is 6.13. The number of hydrogen-bond acceptors (Lipinski definition) is 2. The van der Waals surface area contributed by atoms with Crippen LogP contribution in [-0.2, 0) is 5.41 Å². The van der Waals surface area contributed by atoms with Crippen LogP contribution in [0.25, 0.3) is 66.1 Å². The molecule has 12 rings (SSSR count). The fourth-order valence-corrected chi connectivity index (χ4v) is 12.4. The van der Waals surface area contributed by atoms with Crippen LogP contribution in [0.15, 0.2) is 180 Å². The number of benzene rings is 8.